The molecule has 0 heterocycles. The average molecular weight is 252 g/mol. The molecule has 2 saturated carbocycles. The zero-order chi connectivity index (χ0) is 12.9. The van der Waals surface area contributed by atoms with Gasteiger partial charge in [0.2, 0.25) is 0 Å². The topological polar surface area (TPSA) is 24.1 Å². The van der Waals surface area contributed by atoms with Crippen LogP contribution in [0.5, 0.6) is 0 Å². The first-order chi connectivity index (χ1) is 8.74. The Morgan fingerprint density at radius 1 is 0.944 bits per heavy atom. The fourth-order valence-corrected chi connectivity index (χ4v) is 3.76. The lowest BCUT2D eigenvalue weighted by atomic mass is 9.79. The Kier molecular flexibility index (Phi) is 5.08. The highest BCUT2D eigenvalue weighted by molar-refractivity contribution is 4.95. The molecule has 0 atom stereocenters. The van der Waals surface area contributed by atoms with Gasteiger partial charge in [0.1, 0.15) is 0 Å². The quantitative estimate of drug-likeness (QED) is 0.646. The van der Waals surface area contributed by atoms with Gasteiger partial charge in [-0.25, -0.2) is 0 Å². The van der Waals surface area contributed by atoms with Gasteiger partial charge in [0.15, 0.2) is 0 Å². The van der Waals surface area contributed by atoms with E-state index >= 15 is 0 Å². The molecule has 2 fully saturated rings. The van der Waals surface area contributed by atoms with Crippen molar-refractivity contribution in [3.05, 3.63) is 0 Å². The zero-order valence-corrected chi connectivity index (χ0v) is 12.5. The maximum absolute atomic E-state index is 3.74. The largest absolute Gasteiger partial charge is 0.316 e. The van der Waals surface area contributed by atoms with Gasteiger partial charge >= 0.3 is 0 Å². The van der Waals surface area contributed by atoms with Crippen LogP contribution >= 0.6 is 0 Å². The van der Waals surface area contributed by atoms with Crippen molar-refractivity contribution in [1.82, 2.24) is 10.6 Å². The molecule has 0 aromatic rings. The van der Waals surface area contributed by atoms with Crippen LogP contribution in [-0.2, 0) is 0 Å². The molecular weight excluding hydrogens is 220 g/mol. The summed E-state index contributed by atoms with van der Waals surface area (Å²) in [5.41, 5.74) is 1.15. The molecule has 2 heteroatoms. The number of hydrogen-bond donors (Lipinski definition) is 2. The van der Waals surface area contributed by atoms with Gasteiger partial charge in [0.25, 0.3) is 0 Å². The lowest BCUT2D eigenvalue weighted by Crippen LogP contribution is -2.46. The molecule has 0 spiro atoms. The third-order valence-corrected chi connectivity index (χ3v) is 5.36. The molecule has 0 radical (unpaired) electrons. The monoisotopic (exact) mass is 252 g/mol. The molecule has 0 aliphatic heterocycles. The second kappa shape index (κ2) is 6.38. The van der Waals surface area contributed by atoms with Crippen molar-refractivity contribution in [2.75, 3.05) is 20.1 Å². The summed E-state index contributed by atoms with van der Waals surface area (Å²) in [6.45, 7) is 4.78. The molecular formula is C16H32N2. The van der Waals surface area contributed by atoms with Crippen molar-refractivity contribution < 1.29 is 0 Å². The van der Waals surface area contributed by atoms with E-state index in [4.69, 9.17) is 0 Å². The lowest BCUT2D eigenvalue weighted by Gasteiger charge is -2.37. The van der Waals surface area contributed by atoms with E-state index in [1.54, 1.807) is 0 Å². The molecule has 0 amide bonds. The highest BCUT2D eigenvalue weighted by atomic mass is 15.0. The summed E-state index contributed by atoms with van der Waals surface area (Å²) in [5.74, 6) is 0. The minimum atomic E-state index is 0.451. The Balaban J connectivity index is 1.64. The van der Waals surface area contributed by atoms with Gasteiger partial charge in [0.05, 0.1) is 0 Å². The second-order valence-electron chi connectivity index (χ2n) is 6.77. The molecule has 0 bridgehead atoms. The third-order valence-electron chi connectivity index (χ3n) is 5.36. The van der Waals surface area contributed by atoms with E-state index in [0.717, 1.165) is 0 Å². The van der Waals surface area contributed by atoms with Crippen molar-refractivity contribution >= 4 is 0 Å². The summed E-state index contributed by atoms with van der Waals surface area (Å²) in [4.78, 5) is 0. The van der Waals surface area contributed by atoms with Gasteiger partial charge < -0.3 is 10.6 Å². The zero-order valence-electron chi connectivity index (χ0n) is 12.5. The molecule has 0 unspecified atom stereocenters. The third kappa shape index (κ3) is 3.71. The van der Waals surface area contributed by atoms with Gasteiger partial charge in [-0.2, -0.15) is 0 Å². The van der Waals surface area contributed by atoms with Gasteiger partial charge in [0, 0.05) is 12.1 Å². The molecule has 106 valence electrons. The standard InChI is InChI=1S/C16H32N2/c1-3-7-15(10-11-15)14-18-13-12-16(17-2)8-5-4-6-9-16/h17-18H,3-14H2,1-2H3. The van der Waals surface area contributed by atoms with E-state index in [0.29, 0.717) is 11.0 Å². The Morgan fingerprint density at radius 2 is 1.67 bits per heavy atom. The predicted octanol–water partition coefficient (Wildman–Crippen LogP) is 3.47. The summed E-state index contributed by atoms with van der Waals surface area (Å²) in [6, 6.07) is 0. The fraction of sp³-hybridized carbons (Fsp3) is 1.00. The molecule has 18 heavy (non-hydrogen) atoms. The summed E-state index contributed by atoms with van der Waals surface area (Å²) in [7, 11) is 2.16. The number of hydrogen-bond acceptors (Lipinski definition) is 2. The van der Waals surface area contributed by atoms with E-state index in [-0.39, 0.29) is 0 Å². The van der Waals surface area contributed by atoms with Gasteiger partial charge in [-0.05, 0) is 57.5 Å². The molecule has 2 aliphatic carbocycles. The van der Waals surface area contributed by atoms with Crippen LogP contribution in [0.1, 0.15) is 71.1 Å². The minimum absolute atomic E-state index is 0.451. The van der Waals surface area contributed by atoms with Crippen LogP contribution in [0, 0.1) is 5.41 Å². The predicted molar refractivity (Wildman–Crippen MR) is 78.9 cm³/mol. The van der Waals surface area contributed by atoms with Crippen LogP contribution in [0.4, 0.5) is 0 Å². The maximum atomic E-state index is 3.74. The van der Waals surface area contributed by atoms with Crippen molar-refractivity contribution in [1.29, 1.82) is 0 Å². The van der Waals surface area contributed by atoms with Crippen LogP contribution < -0.4 is 10.6 Å². The lowest BCUT2D eigenvalue weighted by molar-refractivity contribution is 0.226. The Bertz CT molecular complexity index is 239. The molecule has 2 rings (SSSR count). The second-order valence-corrected chi connectivity index (χ2v) is 6.77. The smallest absolute Gasteiger partial charge is 0.0190 e. The van der Waals surface area contributed by atoms with E-state index in [1.165, 1.54) is 77.3 Å². The summed E-state index contributed by atoms with van der Waals surface area (Å²) in [5, 5.41) is 7.36. The minimum Gasteiger partial charge on any atom is -0.316 e. The van der Waals surface area contributed by atoms with E-state index < -0.39 is 0 Å². The normalized spacial score (nSPS) is 25.0. The average Bonchev–Trinajstić information content (AvgIpc) is 3.17. The summed E-state index contributed by atoms with van der Waals surface area (Å²) < 4.78 is 0. The highest BCUT2D eigenvalue weighted by Gasteiger charge is 2.40. The Morgan fingerprint density at radius 3 is 2.22 bits per heavy atom. The van der Waals surface area contributed by atoms with Crippen LogP contribution in [0.3, 0.4) is 0 Å². The van der Waals surface area contributed by atoms with Crippen LogP contribution in [0.2, 0.25) is 0 Å². The fourth-order valence-electron chi connectivity index (χ4n) is 3.76. The molecule has 2 aliphatic rings. The highest BCUT2D eigenvalue weighted by Crippen LogP contribution is 2.48. The van der Waals surface area contributed by atoms with E-state index in [1.807, 2.05) is 0 Å². The van der Waals surface area contributed by atoms with E-state index in [2.05, 4.69) is 24.6 Å². The maximum Gasteiger partial charge on any atom is 0.0190 e. The molecule has 0 aromatic carbocycles. The van der Waals surface area contributed by atoms with Crippen molar-refractivity contribution in [2.45, 2.75) is 76.7 Å². The first kappa shape index (κ1) is 14.3. The van der Waals surface area contributed by atoms with Gasteiger partial charge in [-0.3, -0.25) is 0 Å². The van der Waals surface area contributed by atoms with Crippen molar-refractivity contribution in [2.24, 2.45) is 5.41 Å². The molecule has 2 N–H and O–H groups in total. The van der Waals surface area contributed by atoms with Crippen molar-refractivity contribution in [3.63, 3.8) is 0 Å². The van der Waals surface area contributed by atoms with Gasteiger partial charge in [-0.1, -0.05) is 32.6 Å². The molecule has 0 aromatic heterocycles. The Labute approximate surface area is 113 Å². The first-order valence-corrected chi connectivity index (χ1v) is 8.14. The molecule has 2 nitrogen and oxygen atoms in total. The van der Waals surface area contributed by atoms with Crippen LogP contribution in [0.15, 0.2) is 0 Å². The number of nitrogens with one attached hydrogen (secondary N) is 2. The van der Waals surface area contributed by atoms with Crippen molar-refractivity contribution in [3.8, 4) is 0 Å². The van der Waals surface area contributed by atoms with Crippen LogP contribution in [-0.4, -0.2) is 25.7 Å². The first-order valence-electron chi connectivity index (χ1n) is 8.14. The molecule has 0 saturated heterocycles. The number of rotatable bonds is 8. The SMILES string of the molecule is CCCC1(CNCCC2(NC)CCCCC2)CC1. The van der Waals surface area contributed by atoms with Crippen LogP contribution in [0.25, 0.3) is 0 Å². The van der Waals surface area contributed by atoms with Gasteiger partial charge in [-0.15, -0.1) is 0 Å². The van der Waals surface area contributed by atoms with E-state index in [9.17, 15) is 0 Å². The Hall–Kier alpha value is -0.0800. The summed E-state index contributed by atoms with van der Waals surface area (Å²) >= 11 is 0. The summed E-state index contributed by atoms with van der Waals surface area (Å²) in [6.07, 6.45) is 14.1.